The molecule has 0 aliphatic carbocycles. The molecule has 1 aliphatic rings. The number of ether oxygens (including phenoxy) is 2. The van der Waals surface area contributed by atoms with Crippen molar-refractivity contribution in [1.29, 1.82) is 5.26 Å². The van der Waals surface area contributed by atoms with Gasteiger partial charge >= 0.3 is 5.97 Å². The Morgan fingerprint density at radius 2 is 1.92 bits per heavy atom. The maximum atomic E-state index is 13.2. The first-order valence-electron chi connectivity index (χ1n) is 7.41. The van der Waals surface area contributed by atoms with Crippen LogP contribution in [0, 0.1) is 17.1 Å². The van der Waals surface area contributed by atoms with Gasteiger partial charge in [-0.2, -0.15) is 5.26 Å². The predicted molar refractivity (Wildman–Crippen MR) is 85.6 cm³/mol. The molecule has 24 heavy (non-hydrogen) atoms. The van der Waals surface area contributed by atoms with Crippen LogP contribution >= 0.6 is 0 Å². The molecule has 6 heteroatoms. The highest BCUT2D eigenvalue weighted by atomic mass is 19.1. The van der Waals surface area contributed by atoms with Gasteiger partial charge in [0.05, 0.1) is 11.5 Å². The van der Waals surface area contributed by atoms with Crippen LogP contribution in [0.5, 0.6) is 0 Å². The molecule has 0 saturated carbocycles. The van der Waals surface area contributed by atoms with E-state index in [0.29, 0.717) is 5.56 Å². The monoisotopic (exact) mass is 330 g/mol. The van der Waals surface area contributed by atoms with E-state index in [1.165, 1.54) is 24.3 Å². The second-order valence-electron chi connectivity index (χ2n) is 6.45. The fraction of sp³-hybridized carbons (Fsp3) is 0.333. The molecule has 2 N–H and O–H groups in total. The lowest BCUT2D eigenvalue weighted by Crippen LogP contribution is -2.30. The Balaban J connectivity index is 2.57. The summed E-state index contributed by atoms with van der Waals surface area (Å²) in [6.45, 7) is 6.81. The zero-order valence-electron chi connectivity index (χ0n) is 14.0. The topological polar surface area (TPSA) is 85.3 Å². The van der Waals surface area contributed by atoms with Gasteiger partial charge in [-0.1, -0.05) is 12.1 Å². The second-order valence-corrected chi connectivity index (χ2v) is 6.45. The van der Waals surface area contributed by atoms with Gasteiger partial charge in [0.15, 0.2) is 0 Å². The van der Waals surface area contributed by atoms with E-state index in [0.717, 1.165) is 0 Å². The molecule has 5 nitrogen and oxygen atoms in total. The van der Waals surface area contributed by atoms with Gasteiger partial charge in [0.1, 0.15) is 28.8 Å². The minimum absolute atomic E-state index is 0.0726. The molecule has 1 aromatic rings. The van der Waals surface area contributed by atoms with Crippen molar-refractivity contribution in [1.82, 2.24) is 0 Å². The normalized spacial score (nSPS) is 18.1. The van der Waals surface area contributed by atoms with E-state index >= 15 is 0 Å². The second kappa shape index (κ2) is 6.36. The minimum Gasteiger partial charge on any atom is -0.456 e. The Kier molecular flexibility index (Phi) is 4.65. The molecule has 2 rings (SSSR count). The summed E-state index contributed by atoms with van der Waals surface area (Å²) < 4.78 is 24.0. The van der Waals surface area contributed by atoms with Gasteiger partial charge < -0.3 is 15.2 Å². The molecule has 1 aromatic carbocycles. The smallest absolute Gasteiger partial charge is 0.338 e. The van der Waals surface area contributed by atoms with Crippen molar-refractivity contribution in [2.45, 2.75) is 39.2 Å². The Bertz CT molecular complexity index is 765. The Morgan fingerprint density at radius 1 is 1.33 bits per heavy atom. The first-order chi connectivity index (χ1) is 11.1. The number of carbonyl (C=O) groups excluding carboxylic acids is 1. The van der Waals surface area contributed by atoms with Crippen LogP contribution in [0.3, 0.4) is 0 Å². The first kappa shape index (κ1) is 17.5. The zero-order valence-corrected chi connectivity index (χ0v) is 14.0. The summed E-state index contributed by atoms with van der Waals surface area (Å²) >= 11 is 0. The summed E-state index contributed by atoms with van der Waals surface area (Å²) in [4.78, 5) is 12.6. The van der Waals surface area contributed by atoms with Crippen molar-refractivity contribution in [2.75, 3.05) is 0 Å². The fourth-order valence-corrected chi connectivity index (χ4v) is 2.47. The number of nitrogens with two attached hydrogens (primary N) is 1. The molecule has 0 amide bonds. The van der Waals surface area contributed by atoms with Gasteiger partial charge in [-0.3, -0.25) is 0 Å². The van der Waals surface area contributed by atoms with E-state index in [9.17, 15) is 14.4 Å². The first-order valence-corrected chi connectivity index (χ1v) is 7.41. The number of carbonyl (C=O) groups is 1. The van der Waals surface area contributed by atoms with Crippen LogP contribution < -0.4 is 5.73 Å². The van der Waals surface area contributed by atoms with Crippen molar-refractivity contribution in [3.8, 4) is 6.07 Å². The van der Waals surface area contributed by atoms with Crippen molar-refractivity contribution in [2.24, 2.45) is 5.73 Å². The van der Waals surface area contributed by atoms with E-state index in [2.05, 4.69) is 0 Å². The zero-order chi connectivity index (χ0) is 18.1. The van der Waals surface area contributed by atoms with E-state index in [4.69, 9.17) is 15.2 Å². The lowest BCUT2D eigenvalue weighted by Gasteiger charge is -2.29. The van der Waals surface area contributed by atoms with Gasteiger partial charge in [-0.15, -0.1) is 0 Å². The molecular weight excluding hydrogens is 311 g/mol. The van der Waals surface area contributed by atoms with E-state index < -0.39 is 23.3 Å². The summed E-state index contributed by atoms with van der Waals surface area (Å²) in [5.74, 6) is -1.60. The number of nitrogens with zero attached hydrogens (tertiary/aromatic N) is 1. The summed E-state index contributed by atoms with van der Waals surface area (Å²) in [6, 6.07) is 7.52. The van der Waals surface area contributed by atoms with Crippen molar-refractivity contribution >= 4 is 5.97 Å². The van der Waals surface area contributed by atoms with Crippen molar-refractivity contribution < 1.29 is 18.7 Å². The number of halogens is 1. The highest BCUT2D eigenvalue weighted by molar-refractivity contribution is 5.92. The molecule has 0 fully saturated rings. The summed E-state index contributed by atoms with van der Waals surface area (Å²) in [6.07, 6.45) is 0. The number of benzene rings is 1. The van der Waals surface area contributed by atoms with Gasteiger partial charge in [0.25, 0.3) is 0 Å². The Labute approximate surface area is 140 Å². The molecule has 1 heterocycles. The van der Waals surface area contributed by atoms with Crippen molar-refractivity contribution in [3.05, 3.63) is 58.4 Å². The van der Waals surface area contributed by atoms with E-state index in [-0.39, 0.29) is 22.8 Å². The molecule has 1 aliphatic heterocycles. The van der Waals surface area contributed by atoms with Gasteiger partial charge in [0, 0.05) is 0 Å². The molecule has 0 aromatic heterocycles. The Hall–Kier alpha value is -2.81. The number of esters is 1. The van der Waals surface area contributed by atoms with E-state index in [1.54, 1.807) is 27.7 Å². The number of hydrogen-bond donors (Lipinski definition) is 1. The molecule has 0 bridgehead atoms. The lowest BCUT2D eigenvalue weighted by atomic mass is 9.83. The molecule has 1 atom stereocenters. The molecule has 126 valence electrons. The summed E-state index contributed by atoms with van der Waals surface area (Å²) in [5.41, 5.74) is 5.92. The van der Waals surface area contributed by atoms with Crippen LogP contribution in [0.25, 0.3) is 0 Å². The summed E-state index contributed by atoms with van der Waals surface area (Å²) in [5, 5.41) is 9.45. The molecule has 1 unspecified atom stereocenters. The van der Waals surface area contributed by atoms with Crippen LogP contribution in [0.4, 0.5) is 4.39 Å². The minimum atomic E-state index is -0.765. The molecule has 0 spiro atoms. The lowest BCUT2D eigenvalue weighted by molar-refractivity contribution is -0.150. The maximum absolute atomic E-state index is 13.2. The largest absolute Gasteiger partial charge is 0.456 e. The third-order valence-electron chi connectivity index (χ3n) is 3.43. The van der Waals surface area contributed by atoms with Crippen LogP contribution in [0.1, 0.15) is 39.2 Å². The number of rotatable bonds is 2. The third-order valence-corrected chi connectivity index (χ3v) is 3.43. The quantitative estimate of drug-likeness (QED) is 0.841. The highest BCUT2D eigenvalue weighted by Crippen LogP contribution is 2.40. The van der Waals surface area contributed by atoms with Crippen molar-refractivity contribution in [3.63, 3.8) is 0 Å². The summed E-state index contributed by atoms with van der Waals surface area (Å²) in [7, 11) is 0. The number of hydrogen-bond acceptors (Lipinski definition) is 5. The van der Waals surface area contributed by atoms with E-state index in [1.807, 2.05) is 6.07 Å². The standard InChI is InChI=1S/C18H19FN2O3/c1-10-14(17(22)24-18(2,3)4)15(13(9-20)16(21)23-10)11-5-7-12(19)8-6-11/h5-8,15H,21H2,1-4H3. The molecular formula is C18H19FN2O3. The number of allylic oxidation sites excluding steroid dienone is 2. The van der Waals surface area contributed by atoms with Crippen LogP contribution in [-0.4, -0.2) is 11.6 Å². The van der Waals surface area contributed by atoms with Gasteiger partial charge in [-0.05, 0) is 45.4 Å². The SMILES string of the molecule is CC1=C(C(=O)OC(C)(C)C)C(c2ccc(F)cc2)C(C#N)=C(N)O1. The average Bonchev–Trinajstić information content (AvgIpc) is 2.45. The Morgan fingerprint density at radius 3 is 2.42 bits per heavy atom. The fourth-order valence-electron chi connectivity index (χ4n) is 2.47. The maximum Gasteiger partial charge on any atom is 0.338 e. The predicted octanol–water partition coefficient (Wildman–Crippen LogP) is 3.25. The molecule has 0 saturated heterocycles. The van der Waals surface area contributed by atoms with Gasteiger partial charge in [-0.25, -0.2) is 9.18 Å². The third kappa shape index (κ3) is 3.57. The van der Waals surface area contributed by atoms with Gasteiger partial charge in [0.2, 0.25) is 5.88 Å². The van der Waals surface area contributed by atoms with Crippen LogP contribution in [-0.2, 0) is 14.3 Å². The highest BCUT2D eigenvalue weighted by Gasteiger charge is 2.37. The average molecular weight is 330 g/mol. The van der Waals surface area contributed by atoms with Crippen LogP contribution in [0.15, 0.2) is 47.1 Å². The van der Waals surface area contributed by atoms with Crippen LogP contribution in [0.2, 0.25) is 0 Å². The molecule has 0 radical (unpaired) electrons. The number of nitriles is 1.